The number of hydrogen-bond donors (Lipinski definition) is 3. The van der Waals surface area contributed by atoms with E-state index in [9.17, 15) is 19.3 Å². The quantitative estimate of drug-likeness (QED) is 0.328. The van der Waals surface area contributed by atoms with Crippen molar-refractivity contribution in [1.82, 2.24) is 5.32 Å². The zero-order chi connectivity index (χ0) is 19.9. The Labute approximate surface area is 162 Å². The van der Waals surface area contributed by atoms with Gasteiger partial charge in [-0.05, 0) is 18.2 Å². The molecule has 0 bridgehead atoms. The molecule has 2 aromatic carbocycles. The lowest BCUT2D eigenvalue weighted by atomic mass is 10.2. The summed E-state index contributed by atoms with van der Waals surface area (Å²) < 4.78 is 13.9. The Hall–Kier alpha value is -3.00. The summed E-state index contributed by atoms with van der Waals surface area (Å²) in [6.45, 7) is 1.77. The summed E-state index contributed by atoms with van der Waals surface area (Å²) in [5, 5.41) is 16.6. The molecule has 0 radical (unpaired) electrons. The average molecular weight is 387 g/mol. The van der Waals surface area contributed by atoms with Crippen LogP contribution in [0.2, 0.25) is 0 Å². The first kappa shape index (κ1) is 19.8. The maximum atomic E-state index is 13.9. The van der Waals surface area contributed by atoms with Gasteiger partial charge in [-0.1, -0.05) is 18.2 Å². The molecule has 1 amide bonds. The van der Waals surface area contributed by atoms with Crippen molar-refractivity contribution in [1.29, 1.82) is 0 Å². The van der Waals surface area contributed by atoms with Gasteiger partial charge in [-0.2, -0.15) is 0 Å². The average Bonchev–Trinajstić information content (AvgIpc) is 3.52. The van der Waals surface area contributed by atoms with Crippen LogP contribution in [-0.4, -0.2) is 36.5 Å². The lowest BCUT2D eigenvalue weighted by Crippen LogP contribution is -3.13. The minimum absolute atomic E-state index is 0.0387. The number of nitro benzene ring substituents is 1. The van der Waals surface area contributed by atoms with Gasteiger partial charge in [0, 0.05) is 49.3 Å². The van der Waals surface area contributed by atoms with Crippen molar-refractivity contribution < 1.29 is 19.0 Å². The molecule has 7 nitrogen and oxygen atoms in total. The van der Waals surface area contributed by atoms with Crippen LogP contribution in [0.25, 0.3) is 0 Å². The number of halogens is 1. The number of nitrogens with zero attached hydrogens (tertiary/aromatic N) is 1. The van der Waals surface area contributed by atoms with Gasteiger partial charge in [0.05, 0.1) is 11.0 Å². The molecule has 1 aliphatic rings. The number of nitrogens with one attached hydrogen (secondary N) is 3. The van der Waals surface area contributed by atoms with Crippen LogP contribution >= 0.6 is 0 Å². The van der Waals surface area contributed by atoms with Crippen LogP contribution in [0.15, 0.2) is 48.5 Å². The Kier molecular flexibility index (Phi) is 6.54. The van der Waals surface area contributed by atoms with Crippen molar-refractivity contribution in [3.05, 3.63) is 70.0 Å². The lowest BCUT2D eigenvalue weighted by Gasteiger charge is -2.19. The van der Waals surface area contributed by atoms with Gasteiger partial charge in [0.25, 0.3) is 11.6 Å². The monoisotopic (exact) mass is 387 g/mol. The van der Waals surface area contributed by atoms with E-state index in [0.29, 0.717) is 37.8 Å². The number of carbonyl (C=O) groups is 1. The van der Waals surface area contributed by atoms with Crippen LogP contribution in [0, 0.1) is 15.9 Å². The third-order valence-corrected chi connectivity index (χ3v) is 4.77. The normalized spacial score (nSPS) is 14.3. The topological polar surface area (TPSA) is 88.7 Å². The van der Waals surface area contributed by atoms with E-state index in [-0.39, 0.29) is 17.4 Å². The molecule has 3 N–H and O–H groups in total. The van der Waals surface area contributed by atoms with E-state index in [4.69, 9.17) is 0 Å². The fourth-order valence-corrected chi connectivity index (χ4v) is 3.11. The van der Waals surface area contributed by atoms with E-state index in [0.717, 1.165) is 23.4 Å². The number of non-ortho nitro benzene ring substituents is 1. The molecular weight excluding hydrogens is 363 g/mol. The van der Waals surface area contributed by atoms with Crippen molar-refractivity contribution >= 4 is 17.3 Å². The molecule has 0 aliphatic heterocycles. The fourth-order valence-electron chi connectivity index (χ4n) is 3.11. The zero-order valence-corrected chi connectivity index (χ0v) is 15.5. The molecule has 0 aromatic heterocycles. The summed E-state index contributed by atoms with van der Waals surface area (Å²) in [5.74, 6) is -0.294. The first-order valence-electron chi connectivity index (χ1n) is 9.36. The number of rotatable bonds is 10. The van der Waals surface area contributed by atoms with Gasteiger partial charge >= 0.3 is 0 Å². The fraction of sp³-hybridized carbons (Fsp3) is 0.350. The number of quaternary nitrogens is 1. The first-order valence-corrected chi connectivity index (χ1v) is 9.36. The number of nitro groups is 1. The van der Waals surface area contributed by atoms with Crippen molar-refractivity contribution in [2.75, 3.05) is 25.0 Å². The van der Waals surface area contributed by atoms with Gasteiger partial charge in [-0.15, -0.1) is 0 Å². The number of hydrogen-bond acceptors (Lipinski definition) is 4. The highest BCUT2D eigenvalue weighted by Crippen LogP contribution is 2.16. The van der Waals surface area contributed by atoms with E-state index >= 15 is 0 Å². The van der Waals surface area contributed by atoms with Crippen LogP contribution in [-0.2, 0) is 11.3 Å². The molecule has 0 saturated heterocycles. The molecule has 1 aliphatic carbocycles. The number of amides is 1. The Morgan fingerprint density at radius 1 is 1.14 bits per heavy atom. The zero-order valence-electron chi connectivity index (χ0n) is 15.5. The highest BCUT2D eigenvalue weighted by Gasteiger charge is 2.34. The van der Waals surface area contributed by atoms with Crippen molar-refractivity contribution in [2.45, 2.75) is 25.4 Å². The largest absolute Gasteiger partial charge is 0.383 e. The molecular formula is C20H24FN4O3+. The Morgan fingerprint density at radius 3 is 2.50 bits per heavy atom. The molecule has 1 unspecified atom stereocenters. The third kappa shape index (κ3) is 5.75. The SMILES string of the molecule is O=C(C[NH+](Cc1ccccc1F)C1CC1)NCCNc1ccc([N+](=O)[O-])cc1. The highest BCUT2D eigenvalue weighted by atomic mass is 19.1. The van der Waals surface area contributed by atoms with Gasteiger partial charge in [-0.3, -0.25) is 14.9 Å². The molecule has 148 valence electrons. The van der Waals surface area contributed by atoms with Crippen molar-refractivity contribution in [2.24, 2.45) is 0 Å². The summed E-state index contributed by atoms with van der Waals surface area (Å²) in [7, 11) is 0. The van der Waals surface area contributed by atoms with Gasteiger partial charge in [0.1, 0.15) is 12.4 Å². The van der Waals surface area contributed by atoms with E-state index in [1.165, 1.54) is 18.2 Å². The smallest absolute Gasteiger partial charge is 0.275 e. The minimum Gasteiger partial charge on any atom is -0.383 e. The van der Waals surface area contributed by atoms with Crippen LogP contribution < -0.4 is 15.5 Å². The lowest BCUT2D eigenvalue weighted by molar-refractivity contribution is -0.917. The first-order chi connectivity index (χ1) is 13.5. The second kappa shape index (κ2) is 9.27. The number of carbonyl (C=O) groups excluding carboxylic acids is 1. The van der Waals surface area contributed by atoms with E-state index in [1.807, 2.05) is 6.07 Å². The number of anilines is 1. The van der Waals surface area contributed by atoms with Crippen LogP contribution in [0.1, 0.15) is 18.4 Å². The molecule has 1 saturated carbocycles. The van der Waals surface area contributed by atoms with E-state index in [1.54, 1.807) is 24.3 Å². The molecule has 1 atom stereocenters. The van der Waals surface area contributed by atoms with Gasteiger partial charge in [0.15, 0.2) is 6.54 Å². The van der Waals surface area contributed by atoms with Crippen LogP contribution in [0.3, 0.4) is 0 Å². The Balaban J connectivity index is 1.41. The Bertz CT molecular complexity index is 824. The predicted molar refractivity (Wildman–Crippen MR) is 104 cm³/mol. The molecule has 28 heavy (non-hydrogen) atoms. The number of benzene rings is 2. The van der Waals surface area contributed by atoms with Crippen LogP contribution in [0.5, 0.6) is 0 Å². The maximum absolute atomic E-state index is 13.9. The second-order valence-corrected chi connectivity index (χ2v) is 6.96. The summed E-state index contributed by atoms with van der Waals surface area (Å²) in [6, 6.07) is 13.2. The van der Waals surface area contributed by atoms with Crippen molar-refractivity contribution in [3.63, 3.8) is 0 Å². The maximum Gasteiger partial charge on any atom is 0.275 e. The molecule has 0 heterocycles. The van der Waals surface area contributed by atoms with E-state index in [2.05, 4.69) is 10.6 Å². The van der Waals surface area contributed by atoms with E-state index < -0.39 is 4.92 Å². The van der Waals surface area contributed by atoms with Crippen molar-refractivity contribution in [3.8, 4) is 0 Å². The second-order valence-electron chi connectivity index (χ2n) is 6.96. The summed E-state index contributed by atoms with van der Waals surface area (Å²) in [4.78, 5) is 23.5. The van der Waals surface area contributed by atoms with Gasteiger partial charge in [0.2, 0.25) is 0 Å². The molecule has 8 heteroatoms. The van der Waals surface area contributed by atoms with Crippen LogP contribution in [0.4, 0.5) is 15.8 Å². The van der Waals surface area contributed by atoms with Gasteiger partial charge in [-0.25, -0.2) is 4.39 Å². The highest BCUT2D eigenvalue weighted by molar-refractivity contribution is 5.76. The molecule has 2 aromatic rings. The molecule has 3 rings (SSSR count). The molecule has 0 spiro atoms. The summed E-state index contributed by atoms with van der Waals surface area (Å²) in [6.07, 6.45) is 2.14. The standard InChI is InChI=1S/C20H23FN4O3/c21-19-4-2-1-3-15(19)13-24(17-9-10-17)14-20(26)23-12-11-22-16-5-7-18(8-6-16)25(27)28/h1-8,17,22H,9-14H2,(H,23,26)/p+1. The minimum atomic E-state index is -0.445. The van der Waals surface area contributed by atoms with Gasteiger partial charge < -0.3 is 15.5 Å². The predicted octanol–water partition coefficient (Wildman–Crippen LogP) is 1.51. The third-order valence-electron chi connectivity index (χ3n) is 4.77. The molecule has 1 fully saturated rings. The summed E-state index contributed by atoms with van der Waals surface area (Å²) in [5.41, 5.74) is 1.43. The Morgan fingerprint density at radius 2 is 1.86 bits per heavy atom. The summed E-state index contributed by atoms with van der Waals surface area (Å²) >= 11 is 0.